The normalized spacial score (nSPS) is 16.7. The highest BCUT2D eigenvalue weighted by Crippen LogP contribution is 2.47. The van der Waals surface area contributed by atoms with E-state index in [1.54, 1.807) is 0 Å². The summed E-state index contributed by atoms with van der Waals surface area (Å²) in [5.41, 5.74) is 17.3. The predicted octanol–water partition coefficient (Wildman–Crippen LogP) is 7.83. The Labute approximate surface area is 198 Å². The fourth-order valence-electron chi connectivity index (χ4n) is 6.25. The highest BCUT2D eigenvalue weighted by Gasteiger charge is 2.38. The highest BCUT2D eigenvalue weighted by atomic mass is 15.4. The minimum Gasteiger partial charge on any atom is -0.321 e. The predicted molar refractivity (Wildman–Crippen MR) is 143 cm³/mol. The van der Waals surface area contributed by atoms with Crippen molar-refractivity contribution < 1.29 is 0 Å². The fraction of sp³-hybridized carbons (Fsp3) is 0.290. The molecule has 0 aliphatic carbocycles. The van der Waals surface area contributed by atoms with Gasteiger partial charge < -0.3 is 9.80 Å². The summed E-state index contributed by atoms with van der Waals surface area (Å²) < 4.78 is 0. The van der Waals surface area contributed by atoms with Crippen molar-refractivity contribution >= 4 is 23.0 Å². The largest absolute Gasteiger partial charge is 0.321 e. The SMILES string of the molecule is Cc1cc(C)c(C2=Cc3cc(C)cc(C)c3N3C=CN(c4c(C)cc(C)cc4C)C23)c(C)c1. The second kappa shape index (κ2) is 7.66. The third-order valence-corrected chi connectivity index (χ3v) is 7.10. The standard InChI is InChI=1S/C31H34N2/c1-18-11-21(4)28(22(5)12-18)27-17-26-16-20(3)15-25(8)30(26)33-10-9-32(31(27)33)29-23(6)13-19(2)14-24(29)7/h9-17,31H,1-8H3. The molecule has 168 valence electrons. The Morgan fingerprint density at radius 2 is 0.939 bits per heavy atom. The maximum absolute atomic E-state index is 2.48. The summed E-state index contributed by atoms with van der Waals surface area (Å²) in [4.78, 5) is 4.97. The van der Waals surface area contributed by atoms with Crippen LogP contribution >= 0.6 is 0 Å². The number of nitrogens with zero attached hydrogens (tertiary/aromatic N) is 2. The van der Waals surface area contributed by atoms with Gasteiger partial charge in [0.15, 0.2) is 0 Å². The lowest BCUT2D eigenvalue weighted by Crippen LogP contribution is -2.42. The molecule has 2 nitrogen and oxygen atoms in total. The van der Waals surface area contributed by atoms with E-state index in [2.05, 4.69) is 120 Å². The molecule has 0 bridgehead atoms. The molecule has 2 aliphatic heterocycles. The molecule has 33 heavy (non-hydrogen) atoms. The minimum atomic E-state index is 0.0964. The first-order chi connectivity index (χ1) is 15.7. The average Bonchev–Trinajstić information content (AvgIpc) is 3.10. The van der Waals surface area contributed by atoms with Gasteiger partial charge in [-0.2, -0.15) is 0 Å². The molecule has 0 amide bonds. The summed E-state index contributed by atoms with van der Waals surface area (Å²) in [7, 11) is 0. The molecule has 0 saturated carbocycles. The van der Waals surface area contributed by atoms with E-state index in [0.717, 1.165) is 0 Å². The van der Waals surface area contributed by atoms with Crippen molar-refractivity contribution in [2.45, 2.75) is 61.6 Å². The Morgan fingerprint density at radius 3 is 1.48 bits per heavy atom. The van der Waals surface area contributed by atoms with Gasteiger partial charge in [-0.3, -0.25) is 0 Å². The number of anilines is 2. The average molecular weight is 435 g/mol. The molecule has 0 N–H and O–H groups in total. The summed E-state index contributed by atoms with van der Waals surface area (Å²) in [5.74, 6) is 0. The highest BCUT2D eigenvalue weighted by molar-refractivity contribution is 5.98. The number of fused-ring (bicyclic) bond motifs is 3. The Balaban J connectivity index is 1.79. The summed E-state index contributed by atoms with van der Waals surface area (Å²) in [6.45, 7) is 17.8. The molecular weight excluding hydrogens is 400 g/mol. The molecule has 3 aromatic carbocycles. The Kier molecular flexibility index (Phi) is 5.01. The van der Waals surface area contributed by atoms with Gasteiger partial charge >= 0.3 is 0 Å². The third-order valence-electron chi connectivity index (χ3n) is 7.10. The lowest BCUT2D eigenvalue weighted by molar-refractivity contribution is 0.823. The maximum atomic E-state index is 2.48. The molecule has 1 atom stereocenters. The Bertz CT molecular complexity index is 1310. The van der Waals surface area contributed by atoms with Crippen LogP contribution in [-0.4, -0.2) is 6.17 Å². The first-order valence-corrected chi connectivity index (χ1v) is 11.9. The molecule has 2 aliphatic rings. The van der Waals surface area contributed by atoms with E-state index >= 15 is 0 Å². The van der Waals surface area contributed by atoms with Crippen molar-refractivity contribution in [1.82, 2.24) is 0 Å². The minimum absolute atomic E-state index is 0.0964. The number of hydrogen-bond donors (Lipinski definition) is 0. The summed E-state index contributed by atoms with van der Waals surface area (Å²) in [6, 6.07) is 13.9. The molecule has 2 heterocycles. The van der Waals surface area contributed by atoms with Gasteiger partial charge in [0.25, 0.3) is 0 Å². The second-order valence-electron chi connectivity index (χ2n) is 10.1. The Hall–Kier alpha value is -3.26. The van der Waals surface area contributed by atoms with Gasteiger partial charge in [0.2, 0.25) is 0 Å². The first-order valence-electron chi connectivity index (χ1n) is 11.9. The number of benzene rings is 3. The summed E-state index contributed by atoms with van der Waals surface area (Å²) in [5, 5.41) is 0. The van der Waals surface area contributed by atoms with Crippen molar-refractivity contribution in [3.8, 4) is 0 Å². The van der Waals surface area contributed by atoms with Gasteiger partial charge in [0.05, 0.1) is 5.69 Å². The topological polar surface area (TPSA) is 6.48 Å². The molecule has 0 fully saturated rings. The van der Waals surface area contributed by atoms with E-state index in [1.807, 2.05) is 0 Å². The lowest BCUT2D eigenvalue weighted by Gasteiger charge is -2.41. The van der Waals surface area contributed by atoms with Crippen molar-refractivity contribution in [3.05, 3.63) is 104 Å². The quantitative estimate of drug-likeness (QED) is 0.405. The molecular formula is C31H34N2. The van der Waals surface area contributed by atoms with E-state index < -0.39 is 0 Å². The van der Waals surface area contributed by atoms with Gasteiger partial charge in [0.1, 0.15) is 6.17 Å². The van der Waals surface area contributed by atoms with Crippen LogP contribution in [0.15, 0.2) is 48.8 Å². The molecule has 0 spiro atoms. The van der Waals surface area contributed by atoms with Crippen LogP contribution < -0.4 is 9.80 Å². The van der Waals surface area contributed by atoms with E-state index in [9.17, 15) is 0 Å². The van der Waals surface area contributed by atoms with Crippen molar-refractivity contribution in [2.24, 2.45) is 0 Å². The van der Waals surface area contributed by atoms with Crippen LogP contribution in [0.25, 0.3) is 11.6 Å². The monoisotopic (exact) mass is 434 g/mol. The van der Waals surface area contributed by atoms with Gasteiger partial charge in [-0.25, -0.2) is 0 Å². The zero-order valence-electron chi connectivity index (χ0n) is 21.2. The van der Waals surface area contributed by atoms with Crippen LogP contribution in [0, 0.1) is 55.4 Å². The van der Waals surface area contributed by atoms with E-state index in [1.165, 1.54) is 72.6 Å². The third kappa shape index (κ3) is 3.40. The number of aryl methyl sites for hydroxylation is 8. The molecule has 0 radical (unpaired) electrons. The maximum Gasteiger partial charge on any atom is 0.137 e. The molecule has 3 aromatic rings. The summed E-state index contributed by atoms with van der Waals surface area (Å²) in [6.07, 6.45) is 7.09. The van der Waals surface area contributed by atoms with E-state index in [4.69, 9.17) is 0 Å². The van der Waals surface area contributed by atoms with Gasteiger partial charge in [-0.05, 0) is 106 Å². The van der Waals surface area contributed by atoms with Gasteiger partial charge in [-0.15, -0.1) is 0 Å². The molecule has 5 rings (SSSR count). The molecule has 1 unspecified atom stereocenters. The van der Waals surface area contributed by atoms with Crippen LogP contribution in [-0.2, 0) is 0 Å². The molecule has 2 heteroatoms. The number of hydrogen-bond acceptors (Lipinski definition) is 2. The fourth-order valence-corrected chi connectivity index (χ4v) is 6.25. The zero-order valence-corrected chi connectivity index (χ0v) is 21.2. The van der Waals surface area contributed by atoms with Crippen LogP contribution in [0.2, 0.25) is 0 Å². The molecule has 0 aromatic heterocycles. The first kappa shape index (κ1) is 21.6. The van der Waals surface area contributed by atoms with Crippen LogP contribution in [0.5, 0.6) is 0 Å². The van der Waals surface area contributed by atoms with Crippen LogP contribution in [0.3, 0.4) is 0 Å². The van der Waals surface area contributed by atoms with Crippen LogP contribution in [0.1, 0.15) is 55.6 Å². The van der Waals surface area contributed by atoms with Crippen molar-refractivity contribution in [2.75, 3.05) is 9.80 Å². The lowest BCUT2D eigenvalue weighted by atomic mass is 9.86. The Morgan fingerprint density at radius 1 is 0.515 bits per heavy atom. The smallest absolute Gasteiger partial charge is 0.137 e. The van der Waals surface area contributed by atoms with Gasteiger partial charge in [-0.1, -0.05) is 47.0 Å². The molecule has 0 saturated heterocycles. The number of rotatable bonds is 2. The van der Waals surface area contributed by atoms with Crippen molar-refractivity contribution in [3.63, 3.8) is 0 Å². The van der Waals surface area contributed by atoms with Crippen molar-refractivity contribution in [1.29, 1.82) is 0 Å². The van der Waals surface area contributed by atoms with Crippen LogP contribution in [0.4, 0.5) is 11.4 Å². The van der Waals surface area contributed by atoms with E-state index in [0.29, 0.717) is 0 Å². The zero-order chi connectivity index (χ0) is 23.6. The van der Waals surface area contributed by atoms with E-state index in [-0.39, 0.29) is 6.17 Å². The van der Waals surface area contributed by atoms with Gasteiger partial charge in [0, 0.05) is 23.7 Å². The summed E-state index contributed by atoms with van der Waals surface area (Å²) >= 11 is 0. The second-order valence-corrected chi connectivity index (χ2v) is 10.1.